The van der Waals surface area contributed by atoms with Crippen LogP contribution >= 0.6 is 0 Å². The van der Waals surface area contributed by atoms with Crippen molar-refractivity contribution >= 4 is 17.8 Å². The Morgan fingerprint density at radius 1 is 1.00 bits per heavy atom. The summed E-state index contributed by atoms with van der Waals surface area (Å²) in [5, 5.41) is 5.01. The third-order valence-electron chi connectivity index (χ3n) is 3.80. The van der Waals surface area contributed by atoms with Gasteiger partial charge in [0.25, 0.3) is 11.8 Å². The summed E-state index contributed by atoms with van der Waals surface area (Å²) in [6.45, 7) is 1.29. The van der Waals surface area contributed by atoms with E-state index in [4.69, 9.17) is 9.47 Å². The molecule has 2 aromatic carbocycles. The fourth-order valence-corrected chi connectivity index (χ4v) is 2.22. The third kappa shape index (κ3) is 6.39. The first kappa shape index (κ1) is 20.9. The first-order valence-electron chi connectivity index (χ1n) is 8.53. The fraction of sp³-hybridized carbons (Fsp3) is 0.250. The number of rotatable bonds is 8. The summed E-state index contributed by atoms with van der Waals surface area (Å²) in [5.74, 6) is -1.53. The van der Waals surface area contributed by atoms with Crippen molar-refractivity contribution in [3.05, 3.63) is 65.5 Å². The second kappa shape index (κ2) is 10.1. The van der Waals surface area contributed by atoms with Crippen LogP contribution in [0.4, 0.5) is 4.39 Å². The number of nitrogens with one attached hydrogen (secondary N) is 2. The van der Waals surface area contributed by atoms with Crippen molar-refractivity contribution in [2.75, 3.05) is 13.7 Å². The zero-order valence-electron chi connectivity index (χ0n) is 15.5. The van der Waals surface area contributed by atoms with Crippen molar-refractivity contribution < 1.29 is 28.2 Å². The molecule has 0 fully saturated rings. The van der Waals surface area contributed by atoms with Gasteiger partial charge in [0.1, 0.15) is 18.1 Å². The molecule has 2 N–H and O–H groups in total. The number of methoxy groups -OCH3 is 1. The lowest BCUT2D eigenvalue weighted by molar-refractivity contribution is -0.153. The van der Waals surface area contributed by atoms with Gasteiger partial charge in [-0.05, 0) is 48.9 Å². The van der Waals surface area contributed by atoms with E-state index < -0.39 is 36.2 Å². The molecule has 0 unspecified atom stereocenters. The summed E-state index contributed by atoms with van der Waals surface area (Å²) >= 11 is 0. The third-order valence-corrected chi connectivity index (χ3v) is 3.80. The molecule has 28 heavy (non-hydrogen) atoms. The molecule has 0 aromatic heterocycles. The normalized spacial score (nSPS) is 11.2. The molecule has 0 aliphatic heterocycles. The molecular weight excluding hydrogens is 367 g/mol. The minimum absolute atomic E-state index is 0.208. The van der Waals surface area contributed by atoms with Crippen molar-refractivity contribution in [3.63, 3.8) is 0 Å². The van der Waals surface area contributed by atoms with Crippen LogP contribution in [0, 0.1) is 5.82 Å². The molecule has 0 saturated heterocycles. The molecular formula is C20H21FN2O5. The lowest BCUT2D eigenvalue weighted by Gasteiger charge is -2.14. The maximum atomic E-state index is 12.8. The van der Waals surface area contributed by atoms with Crippen LogP contribution in [-0.4, -0.2) is 37.5 Å². The van der Waals surface area contributed by atoms with E-state index in [9.17, 15) is 18.8 Å². The maximum absolute atomic E-state index is 12.8. The van der Waals surface area contributed by atoms with Gasteiger partial charge in [0.2, 0.25) is 0 Å². The number of ether oxygens (including phenoxy) is 2. The van der Waals surface area contributed by atoms with Gasteiger partial charge in [-0.15, -0.1) is 0 Å². The summed E-state index contributed by atoms with van der Waals surface area (Å²) < 4.78 is 22.9. The van der Waals surface area contributed by atoms with Gasteiger partial charge in [-0.3, -0.25) is 14.4 Å². The van der Waals surface area contributed by atoms with Crippen LogP contribution in [0.25, 0.3) is 0 Å². The number of benzene rings is 2. The van der Waals surface area contributed by atoms with Gasteiger partial charge in [-0.1, -0.05) is 12.1 Å². The summed E-state index contributed by atoms with van der Waals surface area (Å²) in [5.41, 5.74) is 1.07. The molecule has 0 aliphatic rings. The van der Waals surface area contributed by atoms with Crippen molar-refractivity contribution in [1.82, 2.24) is 10.6 Å². The zero-order valence-corrected chi connectivity index (χ0v) is 15.5. The number of amides is 2. The molecule has 7 nitrogen and oxygen atoms in total. The Kier molecular flexibility index (Phi) is 7.50. The predicted molar refractivity (Wildman–Crippen MR) is 99.1 cm³/mol. The SMILES string of the molecule is COc1ccc(CNC(=O)[C@H](C)OC(=O)CNC(=O)c2ccc(F)cc2)cc1. The number of carbonyl (C=O) groups is 3. The van der Waals surface area contributed by atoms with Gasteiger partial charge in [0, 0.05) is 12.1 Å². The van der Waals surface area contributed by atoms with Gasteiger partial charge in [0.15, 0.2) is 6.10 Å². The summed E-state index contributed by atoms with van der Waals surface area (Å²) in [7, 11) is 1.56. The predicted octanol–water partition coefficient (Wildman–Crippen LogP) is 1.81. The Bertz CT molecular complexity index is 821. The Morgan fingerprint density at radius 3 is 2.25 bits per heavy atom. The van der Waals surface area contributed by atoms with Gasteiger partial charge in [-0.25, -0.2) is 4.39 Å². The van der Waals surface area contributed by atoms with Gasteiger partial charge in [-0.2, -0.15) is 0 Å². The zero-order chi connectivity index (χ0) is 20.5. The molecule has 2 amide bonds. The molecule has 1 atom stereocenters. The molecule has 0 saturated carbocycles. The molecule has 148 valence electrons. The monoisotopic (exact) mass is 388 g/mol. The first-order valence-corrected chi connectivity index (χ1v) is 8.53. The van der Waals surface area contributed by atoms with Crippen LogP contribution in [0.2, 0.25) is 0 Å². The molecule has 2 aromatic rings. The highest BCUT2D eigenvalue weighted by Crippen LogP contribution is 2.11. The molecule has 0 radical (unpaired) electrons. The smallest absolute Gasteiger partial charge is 0.326 e. The second-order valence-electron chi connectivity index (χ2n) is 5.89. The van der Waals surface area contributed by atoms with E-state index in [0.717, 1.165) is 17.7 Å². The molecule has 0 spiro atoms. The Balaban J connectivity index is 1.73. The van der Waals surface area contributed by atoms with Crippen molar-refractivity contribution in [2.24, 2.45) is 0 Å². The van der Waals surface area contributed by atoms with Gasteiger partial charge >= 0.3 is 5.97 Å². The van der Waals surface area contributed by atoms with E-state index in [0.29, 0.717) is 5.75 Å². The minimum atomic E-state index is -1.02. The van der Waals surface area contributed by atoms with Gasteiger partial charge < -0.3 is 20.1 Å². The largest absolute Gasteiger partial charge is 0.497 e. The molecule has 8 heteroatoms. The average molecular weight is 388 g/mol. The number of halogens is 1. The second-order valence-corrected chi connectivity index (χ2v) is 5.89. The van der Waals surface area contributed by atoms with Crippen LogP contribution in [0.15, 0.2) is 48.5 Å². The van der Waals surface area contributed by atoms with E-state index >= 15 is 0 Å². The minimum Gasteiger partial charge on any atom is -0.497 e. The number of esters is 1. The van der Waals surface area contributed by atoms with Crippen molar-refractivity contribution in [1.29, 1.82) is 0 Å². The quantitative estimate of drug-likeness (QED) is 0.673. The van der Waals surface area contributed by atoms with Crippen molar-refractivity contribution in [3.8, 4) is 5.75 Å². The van der Waals surface area contributed by atoms with E-state index in [-0.39, 0.29) is 12.1 Å². The lowest BCUT2D eigenvalue weighted by Crippen LogP contribution is -2.38. The first-order chi connectivity index (χ1) is 13.4. The molecule has 0 bridgehead atoms. The van der Waals surface area contributed by atoms with Crippen LogP contribution in [0.1, 0.15) is 22.8 Å². The number of hydrogen-bond donors (Lipinski definition) is 2. The molecule has 0 heterocycles. The van der Waals surface area contributed by atoms with E-state index in [2.05, 4.69) is 10.6 Å². The Morgan fingerprint density at radius 2 is 1.64 bits per heavy atom. The summed E-state index contributed by atoms with van der Waals surface area (Å²) in [4.78, 5) is 35.7. The van der Waals surface area contributed by atoms with Crippen LogP contribution in [0.3, 0.4) is 0 Å². The highest BCUT2D eigenvalue weighted by molar-refractivity contribution is 5.96. The summed E-state index contributed by atoms with van der Waals surface area (Å²) in [6.07, 6.45) is -1.02. The van der Waals surface area contributed by atoms with Gasteiger partial charge in [0.05, 0.1) is 7.11 Å². The van der Waals surface area contributed by atoms with E-state index in [1.165, 1.54) is 19.1 Å². The standard InChI is InChI=1S/C20H21FN2O5/c1-13(19(25)22-11-14-3-9-17(27-2)10-4-14)28-18(24)12-23-20(26)15-5-7-16(21)8-6-15/h3-10,13H,11-12H2,1-2H3,(H,22,25)(H,23,26)/t13-/m0/s1. The Labute approximate surface area is 161 Å². The van der Waals surface area contributed by atoms with E-state index in [1.807, 2.05) is 0 Å². The van der Waals surface area contributed by atoms with Crippen LogP contribution < -0.4 is 15.4 Å². The average Bonchev–Trinajstić information content (AvgIpc) is 2.71. The molecule has 0 aliphatic carbocycles. The highest BCUT2D eigenvalue weighted by atomic mass is 19.1. The topological polar surface area (TPSA) is 93.7 Å². The van der Waals surface area contributed by atoms with E-state index in [1.54, 1.807) is 31.4 Å². The summed E-state index contributed by atoms with van der Waals surface area (Å²) in [6, 6.07) is 12.0. The molecule has 2 rings (SSSR count). The highest BCUT2D eigenvalue weighted by Gasteiger charge is 2.18. The fourth-order valence-electron chi connectivity index (χ4n) is 2.22. The number of hydrogen-bond acceptors (Lipinski definition) is 5. The van der Waals surface area contributed by atoms with Crippen LogP contribution in [-0.2, 0) is 20.9 Å². The maximum Gasteiger partial charge on any atom is 0.326 e. The Hall–Kier alpha value is -3.42. The lowest BCUT2D eigenvalue weighted by atomic mass is 10.2. The van der Waals surface area contributed by atoms with Crippen LogP contribution in [0.5, 0.6) is 5.75 Å². The van der Waals surface area contributed by atoms with Crippen molar-refractivity contribution in [2.45, 2.75) is 19.6 Å². The number of carbonyl (C=O) groups excluding carboxylic acids is 3.